The van der Waals surface area contributed by atoms with Crippen LogP contribution < -0.4 is 4.31 Å². The maximum Gasteiger partial charge on any atom is 0.340 e. The van der Waals surface area contributed by atoms with Crippen LogP contribution in [0, 0.1) is 13.8 Å². The minimum atomic E-state index is -3.53. The van der Waals surface area contributed by atoms with Crippen LogP contribution in [0.2, 0.25) is 0 Å². The van der Waals surface area contributed by atoms with Gasteiger partial charge in [0, 0.05) is 17.1 Å². The average molecular weight is 491 g/mol. The van der Waals surface area contributed by atoms with E-state index >= 15 is 0 Å². The highest BCUT2D eigenvalue weighted by Gasteiger charge is 2.21. The first-order chi connectivity index (χ1) is 16.6. The molecular weight excluding hydrogens is 464 g/mol. The summed E-state index contributed by atoms with van der Waals surface area (Å²) in [5, 5.41) is 0.626. The van der Waals surface area contributed by atoms with Gasteiger partial charge in [0.25, 0.3) is 5.91 Å². The highest BCUT2D eigenvalue weighted by atomic mass is 32.2. The third kappa shape index (κ3) is 4.83. The van der Waals surface area contributed by atoms with E-state index in [0.29, 0.717) is 27.7 Å². The molecule has 0 bridgehead atoms. The fraction of sp³-hybridized carbons (Fsp3) is 0.185. The van der Waals surface area contributed by atoms with Crippen molar-refractivity contribution < 1.29 is 22.7 Å². The summed E-state index contributed by atoms with van der Waals surface area (Å²) in [4.78, 5) is 25.5. The molecule has 0 aliphatic rings. The highest BCUT2D eigenvalue weighted by Crippen LogP contribution is 2.25. The van der Waals surface area contributed by atoms with Crippen LogP contribution in [0.25, 0.3) is 10.9 Å². The van der Waals surface area contributed by atoms with Crippen LogP contribution in [0.15, 0.2) is 72.9 Å². The van der Waals surface area contributed by atoms with Gasteiger partial charge in [-0.1, -0.05) is 36.4 Å². The average Bonchev–Trinajstić information content (AvgIpc) is 3.23. The van der Waals surface area contributed by atoms with E-state index in [9.17, 15) is 18.0 Å². The van der Waals surface area contributed by atoms with Gasteiger partial charge in [0.15, 0.2) is 0 Å². The molecule has 0 saturated carbocycles. The zero-order valence-corrected chi connectivity index (χ0v) is 20.8. The van der Waals surface area contributed by atoms with Crippen LogP contribution in [0.4, 0.5) is 5.69 Å². The summed E-state index contributed by atoms with van der Waals surface area (Å²) in [7, 11) is -2.23. The molecule has 35 heavy (non-hydrogen) atoms. The van der Waals surface area contributed by atoms with Gasteiger partial charge in [-0.05, 0) is 60.9 Å². The Morgan fingerprint density at radius 1 is 0.943 bits per heavy atom. The van der Waals surface area contributed by atoms with Crippen molar-refractivity contribution in [2.45, 2.75) is 20.4 Å². The zero-order chi connectivity index (χ0) is 25.3. The normalized spacial score (nSPS) is 11.4. The highest BCUT2D eigenvalue weighted by molar-refractivity contribution is 7.92. The first kappa shape index (κ1) is 24.2. The number of esters is 1. The molecule has 0 unspecified atom stereocenters. The number of carbonyl (C=O) groups is 2. The Bertz CT molecular complexity index is 1540. The Morgan fingerprint density at radius 3 is 2.26 bits per heavy atom. The number of hydrogen-bond acceptors (Lipinski definition) is 5. The number of anilines is 1. The molecule has 0 saturated heterocycles. The largest absolute Gasteiger partial charge is 0.465 e. The first-order valence-corrected chi connectivity index (χ1v) is 12.8. The lowest BCUT2D eigenvalue weighted by molar-refractivity contribution is 0.0603. The zero-order valence-electron chi connectivity index (χ0n) is 20.0. The Hall–Kier alpha value is -3.91. The Morgan fingerprint density at radius 2 is 1.63 bits per heavy atom. The molecule has 0 N–H and O–H groups in total. The van der Waals surface area contributed by atoms with E-state index in [0.717, 1.165) is 16.7 Å². The van der Waals surface area contributed by atoms with Crippen molar-refractivity contribution in [3.05, 3.63) is 101 Å². The van der Waals surface area contributed by atoms with Crippen molar-refractivity contribution >= 4 is 38.5 Å². The molecule has 4 rings (SSSR count). The van der Waals surface area contributed by atoms with Crippen LogP contribution in [-0.2, 0) is 21.3 Å². The van der Waals surface area contributed by atoms with Crippen molar-refractivity contribution in [3.8, 4) is 0 Å². The lowest BCUT2D eigenvalue weighted by atomic mass is 10.1. The number of ether oxygens (including phenoxy) is 1. The summed E-state index contributed by atoms with van der Waals surface area (Å²) in [5.74, 6) is -0.827. The summed E-state index contributed by atoms with van der Waals surface area (Å²) in [6, 6.07) is 19.4. The predicted octanol–water partition coefficient (Wildman–Crippen LogP) is 4.70. The van der Waals surface area contributed by atoms with Gasteiger partial charge in [-0.2, -0.15) is 0 Å². The second-order valence-corrected chi connectivity index (χ2v) is 10.4. The van der Waals surface area contributed by atoms with E-state index in [1.807, 2.05) is 26.0 Å². The van der Waals surface area contributed by atoms with Crippen molar-refractivity contribution in [2.75, 3.05) is 17.7 Å². The van der Waals surface area contributed by atoms with E-state index in [1.165, 1.54) is 28.4 Å². The first-order valence-electron chi connectivity index (χ1n) is 11.0. The topological polar surface area (TPSA) is 85.7 Å². The molecule has 1 aromatic heterocycles. The van der Waals surface area contributed by atoms with Crippen LogP contribution in [0.3, 0.4) is 0 Å². The molecule has 0 amide bonds. The van der Waals surface area contributed by atoms with Crippen LogP contribution in [0.5, 0.6) is 0 Å². The monoisotopic (exact) mass is 490 g/mol. The number of hydrogen-bond donors (Lipinski definition) is 0. The smallest absolute Gasteiger partial charge is 0.340 e. The van der Waals surface area contributed by atoms with E-state index < -0.39 is 16.0 Å². The Balaban J connectivity index is 1.64. The van der Waals surface area contributed by atoms with Gasteiger partial charge < -0.3 is 4.74 Å². The number of aryl methyl sites for hydroxylation is 2. The van der Waals surface area contributed by atoms with E-state index in [4.69, 9.17) is 4.74 Å². The van der Waals surface area contributed by atoms with Crippen molar-refractivity contribution in [1.29, 1.82) is 0 Å². The lowest BCUT2D eigenvalue weighted by Gasteiger charge is -2.23. The fourth-order valence-corrected chi connectivity index (χ4v) is 4.84. The van der Waals surface area contributed by atoms with Gasteiger partial charge in [-0.25, -0.2) is 13.2 Å². The number of rotatable bonds is 6. The number of para-hydroxylation sites is 1. The van der Waals surface area contributed by atoms with E-state index in [1.54, 1.807) is 54.6 Å². The predicted molar refractivity (Wildman–Crippen MR) is 136 cm³/mol. The molecule has 0 aliphatic carbocycles. The molecule has 0 radical (unpaired) electrons. The lowest BCUT2D eigenvalue weighted by Crippen LogP contribution is -2.29. The summed E-state index contributed by atoms with van der Waals surface area (Å²) in [6.45, 7) is 4.05. The van der Waals surface area contributed by atoms with Crippen molar-refractivity contribution in [2.24, 2.45) is 0 Å². The number of fused-ring (bicyclic) bond motifs is 1. The van der Waals surface area contributed by atoms with Gasteiger partial charge in [-0.15, -0.1) is 0 Å². The number of benzene rings is 3. The molecule has 0 atom stereocenters. The third-order valence-electron chi connectivity index (χ3n) is 6.04. The number of nitrogens with zero attached hydrogens (tertiary/aromatic N) is 2. The summed E-state index contributed by atoms with van der Waals surface area (Å²) in [5.41, 5.74) is 4.72. The standard InChI is InChI=1S/C27H26N2O5S/c1-18-9-14-22(15-19(18)2)29(35(4,32)33)16-20-10-12-21(13-11-20)26(30)28-17-24(27(31)34-3)23-7-5-6-8-25(23)28/h5-15,17H,16H2,1-4H3. The van der Waals surface area contributed by atoms with Gasteiger partial charge in [0.2, 0.25) is 10.0 Å². The van der Waals surface area contributed by atoms with Gasteiger partial charge >= 0.3 is 5.97 Å². The summed E-state index contributed by atoms with van der Waals surface area (Å²) in [6.07, 6.45) is 2.66. The molecule has 0 aliphatic heterocycles. The van der Waals surface area contributed by atoms with E-state index in [2.05, 4.69) is 0 Å². The SMILES string of the molecule is COC(=O)c1cn(C(=O)c2ccc(CN(c3ccc(C)c(C)c3)S(C)(=O)=O)cc2)c2ccccc12. The second-order valence-electron chi connectivity index (χ2n) is 8.46. The molecular formula is C27H26N2O5S. The molecule has 1 heterocycles. The maximum absolute atomic E-state index is 13.3. The molecule has 180 valence electrons. The minimum absolute atomic E-state index is 0.134. The third-order valence-corrected chi connectivity index (χ3v) is 7.18. The number of sulfonamides is 1. The Labute approximate surface area is 204 Å². The molecule has 0 spiro atoms. The van der Waals surface area contributed by atoms with Crippen LogP contribution in [0.1, 0.15) is 37.4 Å². The molecule has 7 nitrogen and oxygen atoms in total. The van der Waals surface area contributed by atoms with Crippen LogP contribution in [-0.4, -0.2) is 38.2 Å². The molecule has 3 aromatic carbocycles. The van der Waals surface area contributed by atoms with E-state index in [-0.39, 0.29) is 12.5 Å². The van der Waals surface area contributed by atoms with Crippen molar-refractivity contribution in [3.63, 3.8) is 0 Å². The number of aromatic nitrogens is 1. The number of methoxy groups -OCH3 is 1. The summed E-state index contributed by atoms with van der Waals surface area (Å²) < 4.78 is 32.7. The summed E-state index contributed by atoms with van der Waals surface area (Å²) >= 11 is 0. The molecule has 4 aromatic rings. The molecule has 8 heteroatoms. The van der Waals surface area contributed by atoms with Crippen LogP contribution >= 0.6 is 0 Å². The Kier molecular flexibility index (Phi) is 6.49. The quantitative estimate of drug-likeness (QED) is 0.366. The number of carbonyl (C=O) groups excluding carboxylic acids is 2. The maximum atomic E-state index is 13.3. The van der Waals surface area contributed by atoms with Gasteiger partial charge in [0.05, 0.1) is 36.7 Å². The molecule has 0 fully saturated rings. The minimum Gasteiger partial charge on any atom is -0.465 e. The van der Waals surface area contributed by atoms with Gasteiger partial charge in [-0.3, -0.25) is 13.7 Å². The van der Waals surface area contributed by atoms with Crippen molar-refractivity contribution in [1.82, 2.24) is 4.57 Å². The van der Waals surface area contributed by atoms with Gasteiger partial charge in [0.1, 0.15) is 0 Å². The fourth-order valence-electron chi connectivity index (χ4n) is 3.96. The second kappa shape index (κ2) is 9.38.